The zero-order valence-electron chi connectivity index (χ0n) is 11.1. The van der Waals surface area contributed by atoms with Crippen molar-refractivity contribution in [1.82, 2.24) is 0 Å². The molecule has 18 heavy (non-hydrogen) atoms. The minimum Gasteiger partial charge on any atom is -0.469 e. The highest BCUT2D eigenvalue weighted by Gasteiger charge is 2.26. The summed E-state index contributed by atoms with van der Waals surface area (Å²) in [5.41, 5.74) is 2.44. The second kappa shape index (κ2) is 5.89. The van der Waals surface area contributed by atoms with Gasteiger partial charge in [0.1, 0.15) is 0 Å². The van der Waals surface area contributed by atoms with Gasteiger partial charge in [0.15, 0.2) is 0 Å². The Labute approximate surface area is 109 Å². The predicted molar refractivity (Wildman–Crippen MR) is 72.6 cm³/mol. The van der Waals surface area contributed by atoms with E-state index in [9.17, 15) is 4.79 Å². The summed E-state index contributed by atoms with van der Waals surface area (Å²) < 4.78 is 4.80. The molecule has 0 bridgehead atoms. The van der Waals surface area contributed by atoms with E-state index in [4.69, 9.17) is 4.74 Å². The Balaban J connectivity index is 1.83. The molecule has 1 fully saturated rings. The summed E-state index contributed by atoms with van der Waals surface area (Å²) in [5.74, 6) is 0.0508. The van der Waals surface area contributed by atoms with Gasteiger partial charge in [-0.05, 0) is 44.7 Å². The summed E-state index contributed by atoms with van der Waals surface area (Å²) in [6, 6.07) is 8.93. The number of aryl methyl sites for hydroxylation is 1. The van der Waals surface area contributed by atoms with Crippen molar-refractivity contribution in [3.63, 3.8) is 0 Å². The molecule has 3 nitrogen and oxygen atoms in total. The molecule has 0 spiro atoms. The first kappa shape index (κ1) is 12.9. The Morgan fingerprint density at radius 1 is 1.17 bits per heavy atom. The SMILES string of the molecule is COC(=O)C1CCC(Nc2ccc(C)cc2)CC1. The van der Waals surface area contributed by atoms with Crippen LogP contribution in [-0.2, 0) is 9.53 Å². The van der Waals surface area contributed by atoms with Crippen molar-refractivity contribution in [1.29, 1.82) is 0 Å². The van der Waals surface area contributed by atoms with Gasteiger partial charge in [-0.25, -0.2) is 0 Å². The number of ether oxygens (including phenoxy) is 1. The molecule has 0 radical (unpaired) electrons. The van der Waals surface area contributed by atoms with Crippen LogP contribution in [0, 0.1) is 12.8 Å². The first-order valence-electron chi connectivity index (χ1n) is 6.60. The monoisotopic (exact) mass is 247 g/mol. The first-order valence-corrected chi connectivity index (χ1v) is 6.60. The van der Waals surface area contributed by atoms with Gasteiger partial charge in [0, 0.05) is 11.7 Å². The zero-order valence-corrected chi connectivity index (χ0v) is 11.1. The Bertz CT molecular complexity index is 391. The number of methoxy groups -OCH3 is 1. The Morgan fingerprint density at radius 2 is 1.78 bits per heavy atom. The van der Waals surface area contributed by atoms with E-state index >= 15 is 0 Å². The summed E-state index contributed by atoms with van der Waals surface area (Å²) in [7, 11) is 1.47. The van der Waals surface area contributed by atoms with Crippen LogP contribution < -0.4 is 5.32 Å². The molecule has 1 aliphatic rings. The van der Waals surface area contributed by atoms with Crippen molar-refractivity contribution in [2.75, 3.05) is 12.4 Å². The van der Waals surface area contributed by atoms with Gasteiger partial charge in [0.25, 0.3) is 0 Å². The molecule has 1 aliphatic carbocycles. The number of nitrogens with one attached hydrogen (secondary N) is 1. The molecule has 3 heteroatoms. The number of hydrogen-bond donors (Lipinski definition) is 1. The van der Waals surface area contributed by atoms with Gasteiger partial charge in [-0.3, -0.25) is 4.79 Å². The number of benzene rings is 1. The number of hydrogen-bond acceptors (Lipinski definition) is 3. The molecule has 0 aromatic heterocycles. The van der Waals surface area contributed by atoms with E-state index in [-0.39, 0.29) is 11.9 Å². The van der Waals surface area contributed by atoms with Gasteiger partial charge in [0.05, 0.1) is 13.0 Å². The Kier molecular flexibility index (Phi) is 4.24. The van der Waals surface area contributed by atoms with Gasteiger partial charge in [-0.2, -0.15) is 0 Å². The zero-order chi connectivity index (χ0) is 13.0. The fourth-order valence-corrected chi connectivity index (χ4v) is 2.53. The standard InChI is InChI=1S/C15H21NO2/c1-11-3-7-13(8-4-11)16-14-9-5-12(6-10-14)15(17)18-2/h3-4,7-8,12,14,16H,5-6,9-10H2,1-2H3. The van der Waals surface area contributed by atoms with E-state index in [1.807, 2.05) is 0 Å². The van der Waals surface area contributed by atoms with Crippen LogP contribution in [0.4, 0.5) is 5.69 Å². The maximum atomic E-state index is 11.4. The average Bonchev–Trinajstić information content (AvgIpc) is 2.41. The summed E-state index contributed by atoms with van der Waals surface area (Å²) in [6.45, 7) is 2.09. The van der Waals surface area contributed by atoms with Gasteiger partial charge >= 0.3 is 5.97 Å². The van der Waals surface area contributed by atoms with Gasteiger partial charge in [0.2, 0.25) is 0 Å². The number of esters is 1. The molecule has 0 atom stereocenters. The molecule has 1 N–H and O–H groups in total. The molecule has 2 rings (SSSR count). The van der Waals surface area contributed by atoms with E-state index in [0.717, 1.165) is 25.7 Å². The van der Waals surface area contributed by atoms with Gasteiger partial charge in [-0.15, -0.1) is 0 Å². The van der Waals surface area contributed by atoms with Crippen LogP contribution in [0.25, 0.3) is 0 Å². The van der Waals surface area contributed by atoms with E-state index in [1.165, 1.54) is 18.4 Å². The summed E-state index contributed by atoms with van der Waals surface area (Å²) in [4.78, 5) is 11.4. The van der Waals surface area contributed by atoms with Crippen molar-refractivity contribution >= 4 is 11.7 Å². The molecule has 98 valence electrons. The number of carbonyl (C=O) groups is 1. The predicted octanol–water partition coefficient (Wildman–Crippen LogP) is 3.14. The summed E-state index contributed by atoms with van der Waals surface area (Å²) in [6.07, 6.45) is 3.92. The molecular weight excluding hydrogens is 226 g/mol. The van der Waals surface area contributed by atoms with Crippen LogP contribution in [-0.4, -0.2) is 19.1 Å². The number of carbonyl (C=O) groups excluding carboxylic acids is 1. The van der Waals surface area contributed by atoms with Crippen LogP contribution in [0.3, 0.4) is 0 Å². The third-order valence-corrected chi connectivity index (χ3v) is 3.68. The molecule has 0 amide bonds. The minimum absolute atomic E-state index is 0.0521. The largest absolute Gasteiger partial charge is 0.469 e. The van der Waals surface area contributed by atoms with Crippen molar-refractivity contribution < 1.29 is 9.53 Å². The lowest BCUT2D eigenvalue weighted by molar-refractivity contribution is -0.146. The number of anilines is 1. The fraction of sp³-hybridized carbons (Fsp3) is 0.533. The highest BCUT2D eigenvalue weighted by atomic mass is 16.5. The third-order valence-electron chi connectivity index (χ3n) is 3.68. The Hall–Kier alpha value is -1.51. The van der Waals surface area contributed by atoms with Gasteiger partial charge in [-0.1, -0.05) is 17.7 Å². The van der Waals surface area contributed by atoms with Crippen molar-refractivity contribution in [2.45, 2.75) is 38.6 Å². The van der Waals surface area contributed by atoms with Crippen molar-refractivity contribution in [2.24, 2.45) is 5.92 Å². The van der Waals surface area contributed by atoms with E-state index < -0.39 is 0 Å². The molecule has 0 unspecified atom stereocenters. The van der Waals surface area contributed by atoms with Crippen molar-refractivity contribution in [3.05, 3.63) is 29.8 Å². The summed E-state index contributed by atoms with van der Waals surface area (Å²) >= 11 is 0. The lowest BCUT2D eigenvalue weighted by atomic mass is 9.86. The topological polar surface area (TPSA) is 38.3 Å². The third kappa shape index (κ3) is 3.25. The molecule has 0 aliphatic heterocycles. The van der Waals surface area contributed by atoms with Crippen LogP contribution in [0.1, 0.15) is 31.2 Å². The van der Waals surface area contributed by atoms with E-state index in [0.29, 0.717) is 6.04 Å². The smallest absolute Gasteiger partial charge is 0.308 e. The molecule has 1 saturated carbocycles. The molecule has 1 aromatic carbocycles. The maximum Gasteiger partial charge on any atom is 0.308 e. The van der Waals surface area contributed by atoms with Crippen LogP contribution >= 0.6 is 0 Å². The normalized spacial score (nSPS) is 23.4. The van der Waals surface area contributed by atoms with Gasteiger partial charge < -0.3 is 10.1 Å². The quantitative estimate of drug-likeness (QED) is 0.834. The molecular formula is C15H21NO2. The average molecular weight is 247 g/mol. The van der Waals surface area contributed by atoms with Crippen LogP contribution in [0.2, 0.25) is 0 Å². The minimum atomic E-state index is -0.0521. The first-order chi connectivity index (χ1) is 8.69. The van der Waals surface area contributed by atoms with E-state index in [1.54, 1.807) is 0 Å². The lowest BCUT2D eigenvalue weighted by Gasteiger charge is -2.28. The molecule has 0 saturated heterocycles. The highest BCUT2D eigenvalue weighted by molar-refractivity contribution is 5.72. The lowest BCUT2D eigenvalue weighted by Crippen LogP contribution is -2.29. The number of rotatable bonds is 3. The Morgan fingerprint density at radius 3 is 2.33 bits per heavy atom. The van der Waals surface area contributed by atoms with Crippen LogP contribution in [0.5, 0.6) is 0 Å². The molecule has 0 heterocycles. The van der Waals surface area contributed by atoms with Crippen molar-refractivity contribution in [3.8, 4) is 0 Å². The summed E-state index contributed by atoms with van der Waals surface area (Å²) in [5, 5.41) is 3.53. The second-order valence-corrected chi connectivity index (χ2v) is 5.08. The van der Waals surface area contributed by atoms with Crippen LogP contribution in [0.15, 0.2) is 24.3 Å². The highest BCUT2D eigenvalue weighted by Crippen LogP contribution is 2.27. The second-order valence-electron chi connectivity index (χ2n) is 5.08. The maximum absolute atomic E-state index is 11.4. The fourth-order valence-electron chi connectivity index (χ4n) is 2.53. The van der Waals surface area contributed by atoms with E-state index in [2.05, 4.69) is 36.5 Å². The molecule has 1 aromatic rings.